The zero-order valence-electron chi connectivity index (χ0n) is 11.4. The summed E-state index contributed by atoms with van der Waals surface area (Å²) in [6, 6.07) is 5.00. The number of nitrogens with two attached hydrogens (primary N) is 1. The molecule has 0 unspecified atom stereocenters. The first-order chi connectivity index (χ1) is 8.34. The van der Waals surface area contributed by atoms with Crippen LogP contribution in [0.1, 0.15) is 25.5 Å². The largest absolute Gasteiger partial charge is 0.497 e. The second-order valence-electron chi connectivity index (χ2n) is 4.58. The summed E-state index contributed by atoms with van der Waals surface area (Å²) in [7, 11) is 2.95. The Hall–Kier alpha value is -0.780. The van der Waals surface area contributed by atoms with Crippen molar-refractivity contribution in [2.45, 2.75) is 19.9 Å². The fourth-order valence-electron chi connectivity index (χ4n) is 1.67. The van der Waals surface area contributed by atoms with E-state index >= 15 is 0 Å². The molecular weight excluding hydrogens is 334 g/mol. The Labute approximate surface area is 128 Å². The highest BCUT2D eigenvalue weighted by Gasteiger charge is 2.37. The van der Waals surface area contributed by atoms with Crippen molar-refractivity contribution in [1.82, 2.24) is 0 Å². The van der Waals surface area contributed by atoms with Crippen molar-refractivity contribution in [3.05, 3.63) is 28.2 Å². The van der Waals surface area contributed by atoms with Crippen molar-refractivity contribution in [2.75, 3.05) is 14.2 Å². The number of carbonyl (C=O) groups is 1. The van der Waals surface area contributed by atoms with Gasteiger partial charge in [0.15, 0.2) is 0 Å². The van der Waals surface area contributed by atoms with Crippen LogP contribution < -0.4 is 10.5 Å². The van der Waals surface area contributed by atoms with Crippen LogP contribution in [0.4, 0.5) is 0 Å². The van der Waals surface area contributed by atoms with Gasteiger partial charge < -0.3 is 15.2 Å². The minimum Gasteiger partial charge on any atom is -0.497 e. The molecule has 0 spiro atoms. The predicted octanol–water partition coefficient (Wildman–Crippen LogP) is 3.08. The van der Waals surface area contributed by atoms with Crippen LogP contribution in [0, 0.1) is 5.41 Å². The Morgan fingerprint density at radius 3 is 2.42 bits per heavy atom. The van der Waals surface area contributed by atoms with Crippen LogP contribution in [-0.2, 0) is 9.53 Å². The van der Waals surface area contributed by atoms with Gasteiger partial charge >= 0.3 is 5.97 Å². The summed E-state index contributed by atoms with van der Waals surface area (Å²) in [5, 5.41) is 0. The lowest BCUT2D eigenvalue weighted by molar-refractivity contribution is -0.152. The summed E-state index contributed by atoms with van der Waals surface area (Å²) < 4.78 is 10.8. The number of methoxy groups -OCH3 is 2. The summed E-state index contributed by atoms with van der Waals surface area (Å²) in [6.45, 7) is 3.52. The highest BCUT2D eigenvalue weighted by molar-refractivity contribution is 9.10. The lowest BCUT2D eigenvalue weighted by Gasteiger charge is -2.29. The first kappa shape index (κ1) is 18.2. The number of hydrogen-bond acceptors (Lipinski definition) is 4. The average Bonchev–Trinajstić information content (AvgIpc) is 2.37. The van der Waals surface area contributed by atoms with Crippen LogP contribution >= 0.6 is 28.3 Å². The highest BCUT2D eigenvalue weighted by Crippen LogP contribution is 2.37. The molecule has 0 radical (unpaired) electrons. The summed E-state index contributed by atoms with van der Waals surface area (Å²) in [6.07, 6.45) is 0. The Balaban J connectivity index is 0.00000324. The molecule has 0 bridgehead atoms. The molecule has 0 heterocycles. The van der Waals surface area contributed by atoms with Gasteiger partial charge in [0.2, 0.25) is 0 Å². The Morgan fingerprint density at radius 1 is 1.37 bits per heavy atom. The fraction of sp³-hybridized carbons (Fsp3) is 0.462. The molecule has 0 fully saturated rings. The monoisotopic (exact) mass is 351 g/mol. The van der Waals surface area contributed by atoms with E-state index in [1.165, 1.54) is 7.11 Å². The molecule has 1 rings (SSSR count). The Kier molecular flexibility index (Phi) is 6.83. The van der Waals surface area contributed by atoms with E-state index in [1.54, 1.807) is 21.0 Å². The van der Waals surface area contributed by atoms with Crippen LogP contribution in [0.25, 0.3) is 0 Å². The van der Waals surface area contributed by atoms with E-state index in [-0.39, 0.29) is 18.4 Å². The fourth-order valence-corrected chi connectivity index (χ4v) is 2.16. The zero-order chi connectivity index (χ0) is 13.9. The van der Waals surface area contributed by atoms with E-state index in [1.807, 2.05) is 18.2 Å². The van der Waals surface area contributed by atoms with Crippen molar-refractivity contribution in [1.29, 1.82) is 0 Å². The van der Waals surface area contributed by atoms with E-state index in [9.17, 15) is 4.79 Å². The molecule has 0 amide bonds. The van der Waals surface area contributed by atoms with Crippen molar-refractivity contribution in [3.63, 3.8) is 0 Å². The summed E-state index contributed by atoms with van der Waals surface area (Å²) in [4.78, 5) is 11.8. The lowest BCUT2D eigenvalue weighted by atomic mass is 9.81. The molecule has 108 valence electrons. The van der Waals surface area contributed by atoms with E-state index in [4.69, 9.17) is 15.2 Å². The minimum atomic E-state index is -0.816. The number of carbonyl (C=O) groups excluding carboxylic acids is 1. The summed E-state index contributed by atoms with van der Waals surface area (Å²) >= 11 is 3.44. The standard InChI is InChI=1S/C13H18BrNO3.ClH/c1-13(2,12(16)18-4)11(15)9-7-8(17-3)5-6-10(9)14;/h5-7,11H,15H2,1-4H3;1H/t11-;/m1./s1. The maximum atomic E-state index is 11.8. The van der Waals surface area contributed by atoms with Gasteiger partial charge in [-0.15, -0.1) is 12.4 Å². The maximum absolute atomic E-state index is 11.8. The van der Waals surface area contributed by atoms with E-state index in [0.717, 1.165) is 10.0 Å². The first-order valence-corrected chi connectivity index (χ1v) is 6.31. The third kappa shape index (κ3) is 3.84. The van der Waals surface area contributed by atoms with Gasteiger partial charge in [-0.25, -0.2) is 0 Å². The normalized spacial score (nSPS) is 12.3. The topological polar surface area (TPSA) is 61.5 Å². The molecule has 0 aliphatic heterocycles. The van der Waals surface area contributed by atoms with Gasteiger partial charge in [-0.2, -0.15) is 0 Å². The zero-order valence-corrected chi connectivity index (χ0v) is 13.8. The van der Waals surface area contributed by atoms with Crippen LogP contribution in [0.3, 0.4) is 0 Å². The number of benzene rings is 1. The molecule has 6 heteroatoms. The van der Waals surface area contributed by atoms with E-state index < -0.39 is 11.5 Å². The molecule has 1 atom stereocenters. The SMILES string of the molecule is COC(=O)C(C)(C)[C@H](N)c1cc(OC)ccc1Br.Cl. The van der Waals surface area contributed by atoms with Gasteiger partial charge in [-0.1, -0.05) is 15.9 Å². The molecule has 4 nitrogen and oxygen atoms in total. The molecular formula is C13H19BrClNO3. The third-order valence-electron chi connectivity index (χ3n) is 3.03. The van der Waals surface area contributed by atoms with Gasteiger partial charge in [-0.3, -0.25) is 4.79 Å². The van der Waals surface area contributed by atoms with Crippen LogP contribution in [0.5, 0.6) is 5.75 Å². The predicted molar refractivity (Wildman–Crippen MR) is 80.7 cm³/mol. The van der Waals surface area contributed by atoms with Gasteiger partial charge in [0.1, 0.15) is 5.75 Å². The molecule has 0 saturated carbocycles. The van der Waals surface area contributed by atoms with E-state index in [0.29, 0.717) is 5.75 Å². The number of halogens is 2. The molecule has 0 aliphatic rings. The molecule has 2 N–H and O–H groups in total. The summed E-state index contributed by atoms with van der Waals surface area (Å²) in [5.41, 5.74) is 6.18. The minimum absolute atomic E-state index is 0. The molecule has 0 aromatic heterocycles. The van der Waals surface area contributed by atoms with Crippen molar-refractivity contribution in [3.8, 4) is 5.75 Å². The van der Waals surface area contributed by atoms with Gasteiger partial charge in [0.05, 0.1) is 19.6 Å². The molecule has 0 saturated heterocycles. The van der Waals surface area contributed by atoms with Gasteiger partial charge in [-0.05, 0) is 37.6 Å². The summed E-state index contributed by atoms with van der Waals surface area (Å²) in [5.74, 6) is 0.356. The van der Waals surface area contributed by atoms with Crippen molar-refractivity contribution < 1.29 is 14.3 Å². The van der Waals surface area contributed by atoms with E-state index in [2.05, 4.69) is 15.9 Å². The lowest BCUT2D eigenvalue weighted by Crippen LogP contribution is -2.37. The van der Waals surface area contributed by atoms with Gasteiger partial charge in [0, 0.05) is 10.5 Å². The second kappa shape index (κ2) is 7.12. The average molecular weight is 353 g/mol. The Morgan fingerprint density at radius 2 is 1.95 bits per heavy atom. The highest BCUT2D eigenvalue weighted by atomic mass is 79.9. The number of hydrogen-bond donors (Lipinski definition) is 1. The number of rotatable bonds is 4. The molecule has 1 aromatic rings. The third-order valence-corrected chi connectivity index (χ3v) is 3.75. The van der Waals surface area contributed by atoms with Crippen LogP contribution in [0.2, 0.25) is 0 Å². The van der Waals surface area contributed by atoms with Crippen LogP contribution in [-0.4, -0.2) is 20.2 Å². The van der Waals surface area contributed by atoms with Crippen molar-refractivity contribution in [2.24, 2.45) is 11.1 Å². The quantitative estimate of drug-likeness (QED) is 0.846. The van der Waals surface area contributed by atoms with Crippen molar-refractivity contribution >= 4 is 34.3 Å². The number of esters is 1. The smallest absolute Gasteiger partial charge is 0.313 e. The number of ether oxygens (including phenoxy) is 2. The molecule has 1 aromatic carbocycles. The second-order valence-corrected chi connectivity index (χ2v) is 5.43. The Bertz CT molecular complexity index is 452. The molecule has 19 heavy (non-hydrogen) atoms. The van der Waals surface area contributed by atoms with Crippen LogP contribution in [0.15, 0.2) is 22.7 Å². The first-order valence-electron chi connectivity index (χ1n) is 5.52. The molecule has 0 aliphatic carbocycles. The van der Waals surface area contributed by atoms with Gasteiger partial charge in [0.25, 0.3) is 0 Å². The maximum Gasteiger partial charge on any atom is 0.313 e.